The minimum atomic E-state index is -0.581. The first-order valence-corrected chi connectivity index (χ1v) is 6.96. The average molecular weight is 357 g/mol. The molecule has 0 fully saturated rings. The molecule has 1 aromatic carbocycles. The SMILES string of the molecule is COCCn1ncc(Br)c1C(=O)c1ccc(OC)c(F)c1. The monoisotopic (exact) mass is 356 g/mol. The zero-order chi connectivity index (χ0) is 15.4. The smallest absolute Gasteiger partial charge is 0.212 e. The van der Waals surface area contributed by atoms with Crippen molar-refractivity contribution in [3.63, 3.8) is 0 Å². The summed E-state index contributed by atoms with van der Waals surface area (Å²) in [5, 5.41) is 4.11. The Labute approximate surface area is 129 Å². The molecule has 0 bridgehead atoms. The fraction of sp³-hybridized carbons (Fsp3) is 0.286. The molecule has 0 atom stereocenters. The van der Waals surface area contributed by atoms with E-state index in [2.05, 4.69) is 21.0 Å². The van der Waals surface area contributed by atoms with Crippen molar-refractivity contribution in [3.05, 3.63) is 45.9 Å². The molecule has 0 radical (unpaired) electrons. The summed E-state index contributed by atoms with van der Waals surface area (Å²) in [6, 6.07) is 4.10. The van der Waals surface area contributed by atoms with E-state index in [1.165, 1.54) is 30.1 Å². The van der Waals surface area contributed by atoms with Gasteiger partial charge in [0.25, 0.3) is 0 Å². The highest BCUT2D eigenvalue weighted by Crippen LogP contribution is 2.23. The molecule has 0 saturated carbocycles. The number of benzene rings is 1. The molecule has 0 amide bonds. The molecule has 0 spiro atoms. The lowest BCUT2D eigenvalue weighted by molar-refractivity contribution is 0.102. The van der Waals surface area contributed by atoms with Gasteiger partial charge in [-0.3, -0.25) is 9.48 Å². The Morgan fingerprint density at radius 1 is 1.43 bits per heavy atom. The summed E-state index contributed by atoms with van der Waals surface area (Å²) in [5.74, 6) is -0.807. The fourth-order valence-electron chi connectivity index (χ4n) is 1.88. The lowest BCUT2D eigenvalue weighted by Gasteiger charge is -2.08. The van der Waals surface area contributed by atoms with Crippen molar-refractivity contribution in [2.24, 2.45) is 0 Å². The van der Waals surface area contributed by atoms with Crippen molar-refractivity contribution < 1.29 is 18.7 Å². The third-order valence-corrected chi connectivity index (χ3v) is 3.51. The number of ether oxygens (including phenoxy) is 2. The molecule has 0 N–H and O–H groups in total. The van der Waals surface area contributed by atoms with Crippen molar-refractivity contribution in [2.75, 3.05) is 20.8 Å². The van der Waals surface area contributed by atoms with Crippen molar-refractivity contribution in [3.8, 4) is 5.75 Å². The summed E-state index contributed by atoms with van der Waals surface area (Å²) in [4.78, 5) is 12.5. The molecular formula is C14H14BrFN2O3. The molecular weight excluding hydrogens is 343 g/mol. The number of carbonyl (C=O) groups excluding carboxylic acids is 1. The molecule has 2 rings (SSSR count). The van der Waals surface area contributed by atoms with Gasteiger partial charge in [-0.15, -0.1) is 0 Å². The van der Waals surface area contributed by atoms with Crippen molar-refractivity contribution in [2.45, 2.75) is 6.54 Å². The molecule has 2 aromatic rings. The molecule has 5 nitrogen and oxygen atoms in total. The highest BCUT2D eigenvalue weighted by molar-refractivity contribution is 9.10. The van der Waals surface area contributed by atoms with Gasteiger partial charge in [-0.25, -0.2) is 4.39 Å². The summed E-state index contributed by atoms with van der Waals surface area (Å²) in [5.41, 5.74) is 0.588. The highest BCUT2D eigenvalue weighted by Gasteiger charge is 2.20. The second-order valence-corrected chi connectivity index (χ2v) is 5.09. The second-order valence-electron chi connectivity index (χ2n) is 4.24. The Morgan fingerprint density at radius 2 is 2.19 bits per heavy atom. The second kappa shape index (κ2) is 6.82. The first-order chi connectivity index (χ1) is 10.1. The Bertz CT molecular complexity index is 658. The molecule has 0 aliphatic heterocycles. The molecule has 0 aliphatic rings. The molecule has 0 unspecified atom stereocenters. The summed E-state index contributed by atoms with van der Waals surface area (Å²) in [6.45, 7) is 0.854. The van der Waals surface area contributed by atoms with Crippen LogP contribution in [0.2, 0.25) is 0 Å². The first-order valence-electron chi connectivity index (χ1n) is 6.17. The normalized spacial score (nSPS) is 10.7. The van der Waals surface area contributed by atoms with E-state index in [0.29, 0.717) is 23.3 Å². The highest BCUT2D eigenvalue weighted by atomic mass is 79.9. The third kappa shape index (κ3) is 3.30. The Morgan fingerprint density at radius 3 is 2.81 bits per heavy atom. The quantitative estimate of drug-likeness (QED) is 0.746. The van der Waals surface area contributed by atoms with Gasteiger partial charge in [-0.2, -0.15) is 5.10 Å². The zero-order valence-electron chi connectivity index (χ0n) is 11.6. The standard InChI is InChI=1S/C14H14BrFN2O3/c1-20-6-5-18-13(10(15)8-17-18)14(19)9-3-4-12(21-2)11(16)7-9/h3-4,7-8H,5-6H2,1-2H3. The molecule has 1 heterocycles. The van der Waals surface area contributed by atoms with Crippen LogP contribution in [0.15, 0.2) is 28.9 Å². The van der Waals surface area contributed by atoms with E-state index in [9.17, 15) is 9.18 Å². The Balaban J connectivity index is 2.35. The minimum absolute atomic E-state index is 0.0958. The van der Waals surface area contributed by atoms with Gasteiger partial charge >= 0.3 is 0 Å². The van der Waals surface area contributed by atoms with E-state index < -0.39 is 5.82 Å². The predicted molar refractivity (Wildman–Crippen MR) is 78.2 cm³/mol. The van der Waals surface area contributed by atoms with Gasteiger partial charge in [0.2, 0.25) is 5.78 Å². The number of hydrogen-bond acceptors (Lipinski definition) is 4. The van der Waals surface area contributed by atoms with E-state index in [0.717, 1.165) is 6.07 Å². The molecule has 7 heteroatoms. The lowest BCUT2D eigenvalue weighted by atomic mass is 10.1. The van der Waals surface area contributed by atoms with E-state index in [-0.39, 0.29) is 17.1 Å². The molecule has 112 valence electrons. The van der Waals surface area contributed by atoms with E-state index in [1.54, 1.807) is 7.11 Å². The molecule has 0 saturated heterocycles. The van der Waals surface area contributed by atoms with Crippen LogP contribution < -0.4 is 4.74 Å². The number of rotatable bonds is 6. The van der Waals surface area contributed by atoms with Crippen LogP contribution in [0.25, 0.3) is 0 Å². The summed E-state index contributed by atoms with van der Waals surface area (Å²) >= 11 is 3.29. The van der Waals surface area contributed by atoms with Gasteiger partial charge in [0.1, 0.15) is 5.69 Å². The molecule has 21 heavy (non-hydrogen) atoms. The number of carbonyl (C=O) groups is 1. The van der Waals surface area contributed by atoms with Crippen molar-refractivity contribution >= 4 is 21.7 Å². The lowest BCUT2D eigenvalue weighted by Crippen LogP contribution is -2.15. The van der Waals surface area contributed by atoms with Gasteiger partial charge in [-0.05, 0) is 34.1 Å². The largest absolute Gasteiger partial charge is 0.494 e. The maximum Gasteiger partial charge on any atom is 0.212 e. The Kier molecular flexibility index (Phi) is 5.08. The number of aromatic nitrogens is 2. The number of methoxy groups -OCH3 is 2. The topological polar surface area (TPSA) is 53.4 Å². The van der Waals surface area contributed by atoms with Crippen LogP contribution in [0.4, 0.5) is 4.39 Å². The maximum atomic E-state index is 13.7. The van der Waals surface area contributed by atoms with Gasteiger partial charge in [0, 0.05) is 12.7 Å². The zero-order valence-corrected chi connectivity index (χ0v) is 13.2. The van der Waals surface area contributed by atoms with E-state index >= 15 is 0 Å². The first kappa shape index (κ1) is 15.7. The summed E-state index contributed by atoms with van der Waals surface area (Å²) < 4.78 is 25.6. The van der Waals surface area contributed by atoms with Crippen LogP contribution in [-0.4, -0.2) is 36.4 Å². The number of hydrogen-bond donors (Lipinski definition) is 0. The van der Waals surface area contributed by atoms with Crippen LogP contribution in [-0.2, 0) is 11.3 Å². The minimum Gasteiger partial charge on any atom is -0.494 e. The van der Waals surface area contributed by atoms with Crippen molar-refractivity contribution in [1.82, 2.24) is 9.78 Å². The van der Waals surface area contributed by atoms with Crippen molar-refractivity contribution in [1.29, 1.82) is 0 Å². The summed E-state index contributed by atoms with van der Waals surface area (Å²) in [6.07, 6.45) is 1.53. The number of ketones is 1. The van der Waals surface area contributed by atoms with Crippen LogP contribution >= 0.6 is 15.9 Å². The van der Waals surface area contributed by atoms with Crippen LogP contribution in [0.3, 0.4) is 0 Å². The van der Waals surface area contributed by atoms with Crippen LogP contribution in [0, 0.1) is 5.82 Å². The summed E-state index contributed by atoms with van der Waals surface area (Å²) in [7, 11) is 2.94. The van der Waals surface area contributed by atoms with Crippen LogP contribution in [0.5, 0.6) is 5.75 Å². The third-order valence-electron chi connectivity index (χ3n) is 2.93. The Hall–Kier alpha value is -1.73. The number of halogens is 2. The number of nitrogens with zero attached hydrogens (tertiary/aromatic N) is 2. The maximum absolute atomic E-state index is 13.7. The van der Waals surface area contributed by atoms with Gasteiger partial charge in [0.05, 0.1) is 30.9 Å². The van der Waals surface area contributed by atoms with Gasteiger partial charge in [0.15, 0.2) is 11.6 Å². The molecule has 0 aliphatic carbocycles. The fourth-order valence-corrected chi connectivity index (χ4v) is 2.36. The van der Waals surface area contributed by atoms with E-state index in [4.69, 9.17) is 9.47 Å². The average Bonchev–Trinajstić information content (AvgIpc) is 2.85. The van der Waals surface area contributed by atoms with E-state index in [1.807, 2.05) is 0 Å². The van der Waals surface area contributed by atoms with Crippen LogP contribution in [0.1, 0.15) is 16.1 Å². The van der Waals surface area contributed by atoms with Gasteiger partial charge < -0.3 is 9.47 Å². The molecule has 1 aromatic heterocycles. The predicted octanol–water partition coefficient (Wildman–Crippen LogP) is 2.67. The van der Waals surface area contributed by atoms with Gasteiger partial charge in [-0.1, -0.05) is 0 Å².